The molecule has 0 N–H and O–H groups in total. The Hall–Kier alpha value is -3.55. The van der Waals surface area contributed by atoms with Crippen LogP contribution in [0, 0.1) is 18.2 Å². The van der Waals surface area contributed by atoms with E-state index in [1.54, 1.807) is 46.0 Å². The molecule has 0 spiro atoms. The van der Waals surface area contributed by atoms with E-state index in [4.69, 9.17) is 9.47 Å². The van der Waals surface area contributed by atoms with Crippen molar-refractivity contribution in [3.63, 3.8) is 0 Å². The zero-order valence-electron chi connectivity index (χ0n) is 19.6. The second kappa shape index (κ2) is 9.13. The molecule has 0 saturated carbocycles. The zero-order valence-corrected chi connectivity index (χ0v) is 19.6. The maximum Gasteiger partial charge on any atom is 0.347 e. The van der Waals surface area contributed by atoms with E-state index in [0.29, 0.717) is 11.9 Å². The fraction of sp³-hybridized carbons (Fsp3) is 0.360. The summed E-state index contributed by atoms with van der Waals surface area (Å²) in [6.07, 6.45) is 2.04. The lowest BCUT2D eigenvalue weighted by atomic mass is 9.97. The number of hydrogen-bond donors (Lipinski definition) is 0. The largest absolute Gasteiger partial charge is 0.462 e. The third kappa shape index (κ3) is 4.94. The normalized spacial score (nSPS) is 11.5. The van der Waals surface area contributed by atoms with Gasteiger partial charge >= 0.3 is 11.9 Å². The van der Waals surface area contributed by atoms with Crippen molar-refractivity contribution < 1.29 is 23.5 Å². The first-order valence-corrected chi connectivity index (χ1v) is 10.6. The first kappa shape index (κ1) is 24.1. The molecule has 0 radical (unpaired) electrons. The van der Waals surface area contributed by atoms with Crippen LogP contribution >= 0.6 is 0 Å². The quantitative estimate of drug-likeness (QED) is 0.540. The molecule has 0 aliphatic rings. The van der Waals surface area contributed by atoms with Crippen molar-refractivity contribution in [3.8, 4) is 5.75 Å². The molecule has 0 unspecified atom stereocenters. The van der Waals surface area contributed by atoms with Crippen molar-refractivity contribution in [1.82, 2.24) is 9.55 Å². The molecule has 0 atom stereocenters. The minimum absolute atomic E-state index is 0.0517. The molecule has 2 heterocycles. The van der Waals surface area contributed by atoms with Crippen molar-refractivity contribution in [1.29, 1.82) is 0 Å². The van der Waals surface area contributed by atoms with Crippen LogP contribution in [0.4, 0.5) is 4.39 Å². The Labute approximate surface area is 191 Å². The lowest BCUT2D eigenvalue weighted by Gasteiger charge is -2.19. The predicted octanol–water partition coefficient (Wildman–Crippen LogP) is 4.10. The molecule has 0 aliphatic carbocycles. The molecule has 1 aromatic carbocycles. The number of fused-ring (bicyclic) bond motifs is 1. The summed E-state index contributed by atoms with van der Waals surface area (Å²) in [4.78, 5) is 42.8. The van der Waals surface area contributed by atoms with E-state index < -0.39 is 22.9 Å². The van der Waals surface area contributed by atoms with Crippen LogP contribution < -0.4 is 10.3 Å². The Bertz CT molecular complexity index is 1300. The number of carbonyl (C=O) groups is 2. The minimum atomic E-state index is -0.885. The topological polar surface area (TPSA) is 87.5 Å². The van der Waals surface area contributed by atoms with E-state index in [1.807, 2.05) is 6.92 Å². The molecule has 0 fully saturated rings. The third-order valence-corrected chi connectivity index (χ3v) is 5.23. The Morgan fingerprint density at radius 2 is 1.88 bits per heavy atom. The van der Waals surface area contributed by atoms with Crippen LogP contribution in [-0.4, -0.2) is 28.1 Å². The summed E-state index contributed by atoms with van der Waals surface area (Å²) in [5.41, 5.74) is 1.14. The number of esters is 2. The van der Waals surface area contributed by atoms with Crippen LogP contribution in [0.15, 0.2) is 35.3 Å². The zero-order chi connectivity index (χ0) is 24.5. The molecule has 0 bridgehead atoms. The standard InChI is InChI=1S/C25H27FN2O5/c1-7-32-23(30)19-21(33-24(31)25(3,4)5)20-18(28(6)22(19)29)12-15(13-27-20)11-16-8-9-17(26)10-14(16)2/h8-10,12-13H,7,11H2,1-6H3. The number of aryl methyl sites for hydroxylation is 2. The predicted molar refractivity (Wildman–Crippen MR) is 122 cm³/mol. The van der Waals surface area contributed by atoms with Crippen LogP contribution in [0.1, 0.15) is 54.7 Å². The van der Waals surface area contributed by atoms with Gasteiger partial charge in [0.1, 0.15) is 11.3 Å². The summed E-state index contributed by atoms with van der Waals surface area (Å²) in [7, 11) is 1.51. The van der Waals surface area contributed by atoms with Crippen molar-refractivity contribution in [2.45, 2.75) is 41.0 Å². The van der Waals surface area contributed by atoms with Gasteiger partial charge in [-0.3, -0.25) is 14.6 Å². The van der Waals surface area contributed by atoms with Crippen molar-refractivity contribution in [2.75, 3.05) is 6.61 Å². The average molecular weight is 454 g/mol. The Morgan fingerprint density at radius 1 is 1.18 bits per heavy atom. The molecule has 0 aliphatic heterocycles. The van der Waals surface area contributed by atoms with Gasteiger partial charge in [0, 0.05) is 13.2 Å². The van der Waals surface area contributed by atoms with E-state index in [-0.39, 0.29) is 29.3 Å². The Balaban J connectivity index is 2.20. The van der Waals surface area contributed by atoms with Gasteiger partial charge in [0.05, 0.1) is 17.5 Å². The Kier molecular flexibility index (Phi) is 6.67. The van der Waals surface area contributed by atoms with Gasteiger partial charge in [-0.25, -0.2) is 9.18 Å². The van der Waals surface area contributed by atoms with Crippen molar-refractivity contribution in [2.24, 2.45) is 12.5 Å². The van der Waals surface area contributed by atoms with Gasteiger partial charge in [-0.15, -0.1) is 0 Å². The van der Waals surface area contributed by atoms with Crippen LogP contribution in [0.25, 0.3) is 11.0 Å². The second-order valence-electron chi connectivity index (χ2n) is 8.89. The molecule has 0 amide bonds. The summed E-state index contributed by atoms with van der Waals surface area (Å²) >= 11 is 0. The van der Waals surface area contributed by atoms with Gasteiger partial charge in [-0.05, 0) is 75.9 Å². The van der Waals surface area contributed by atoms with Gasteiger partial charge in [0.15, 0.2) is 11.3 Å². The fourth-order valence-electron chi connectivity index (χ4n) is 3.32. The molecule has 8 heteroatoms. The number of halogens is 1. The van der Waals surface area contributed by atoms with Crippen LogP contribution in [-0.2, 0) is 23.0 Å². The number of pyridine rings is 2. The first-order valence-electron chi connectivity index (χ1n) is 10.6. The summed E-state index contributed by atoms with van der Waals surface area (Å²) in [5.74, 6) is -2.02. The van der Waals surface area contributed by atoms with Crippen molar-refractivity contribution in [3.05, 3.63) is 68.9 Å². The third-order valence-electron chi connectivity index (χ3n) is 5.23. The van der Waals surface area contributed by atoms with E-state index >= 15 is 0 Å². The highest BCUT2D eigenvalue weighted by atomic mass is 19.1. The molecular formula is C25H27FN2O5. The van der Waals surface area contributed by atoms with E-state index in [9.17, 15) is 18.8 Å². The maximum absolute atomic E-state index is 13.5. The van der Waals surface area contributed by atoms with E-state index in [2.05, 4.69) is 4.98 Å². The van der Waals surface area contributed by atoms with Crippen LogP contribution in [0.2, 0.25) is 0 Å². The van der Waals surface area contributed by atoms with E-state index in [0.717, 1.165) is 16.7 Å². The number of hydrogen-bond acceptors (Lipinski definition) is 6. The molecule has 174 valence electrons. The second-order valence-corrected chi connectivity index (χ2v) is 8.89. The highest BCUT2D eigenvalue weighted by molar-refractivity contribution is 6.00. The number of aromatic nitrogens is 2. The first-order chi connectivity index (χ1) is 15.4. The average Bonchev–Trinajstić information content (AvgIpc) is 2.73. The Morgan fingerprint density at radius 3 is 2.48 bits per heavy atom. The van der Waals surface area contributed by atoms with Crippen LogP contribution in [0.5, 0.6) is 5.75 Å². The highest BCUT2D eigenvalue weighted by Gasteiger charge is 2.30. The number of benzene rings is 1. The molecule has 7 nitrogen and oxygen atoms in total. The van der Waals surface area contributed by atoms with E-state index in [1.165, 1.54) is 23.7 Å². The number of nitrogens with zero attached hydrogens (tertiary/aromatic N) is 2. The van der Waals surface area contributed by atoms with Gasteiger partial charge < -0.3 is 14.0 Å². The molecule has 2 aromatic heterocycles. The van der Waals surface area contributed by atoms with Gasteiger partial charge in [-0.2, -0.15) is 0 Å². The SMILES string of the molecule is CCOC(=O)c1c(OC(=O)C(C)(C)C)c2ncc(Cc3ccc(F)cc3C)cc2n(C)c1=O. The lowest BCUT2D eigenvalue weighted by Crippen LogP contribution is -2.31. The maximum atomic E-state index is 13.5. The summed E-state index contributed by atoms with van der Waals surface area (Å²) in [5, 5.41) is 0. The smallest absolute Gasteiger partial charge is 0.347 e. The fourth-order valence-corrected chi connectivity index (χ4v) is 3.32. The number of ether oxygens (including phenoxy) is 2. The molecule has 3 rings (SSSR count). The van der Waals surface area contributed by atoms with Gasteiger partial charge in [0.25, 0.3) is 5.56 Å². The van der Waals surface area contributed by atoms with Gasteiger partial charge in [-0.1, -0.05) is 6.07 Å². The number of carbonyl (C=O) groups excluding carboxylic acids is 2. The molecular weight excluding hydrogens is 427 g/mol. The monoisotopic (exact) mass is 454 g/mol. The number of rotatable bonds is 5. The van der Waals surface area contributed by atoms with Gasteiger partial charge in [0.2, 0.25) is 0 Å². The minimum Gasteiger partial charge on any atom is -0.462 e. The summed E-state index contributed by atoms with van der Waals surface area (Å²) in [6.45, 7) is 8.48. The highest BCUT2D eigenvalue weighted by Crippen LogP contribution is 2.30. The summed E-state index contributed by atoms with van der Waals surface area (Å²) in [6, 6.07) is 6.29. The summed E-state index contributed by atoms with van der Waals surface area (Å²) < 4.78 is 25.3. The molecule has 3 aromatic rings. The van der Waals surface area contributed by atoms with Crippen molar-refractivity contribution >= 4 is 23.0 Å². The molecule has 33 heavy (non-hydrogen) atoms. The lowest BCUT2D eigenvalue weighted by molar-refractivity contribution is -0.142. The molecule has 0 saturated heterocycles. The van der Waals surface area contributed by atoms with Crippen LogP contribution in [0.3, 0.4) is 0 Å².